The number of aromatic nitrogens is 1. The molecule has 1 aromatic carbocycles. The van der Waals surface area contributed by atoms with Gasteiger partial charge in [0.1, 0.15) is 5.82 Å². The summed E-state index contributed by atoms with van der Waals surface area (Å²) in [5, 5.41) is 0. The van der Waals surface area contributed by atoms with E-state index in [0.29, 0.717) is 11.9 Å². The van der Waals surface area contributed by atoms with Gasteiger partial charge in [0.25, 0.3) is 0 Å². The lowest BCUT2D eigenvalue weighted by molar-refractivity contribution is 0.247. The van der Waals surface area contributed by atoms with Crippen molar-refractivity contribution in [2.45, 2.75) is 32.4 Å². The number of nitrogens with zero attached hydrogens (tertiary/aromatic N) is 2. The number of hydrogen-bond acceptors (Lipinski definition) is 3. The van der Waals surface area contributed by atoms with E-state index < -0.39 is 0 Å². The van der Waals surface area contributed by atoms with Crippen LogP contribution in [0, 0.1) is 6.92 Å². The van der Waals surface area contributed by atoms with Gasteiger partial charge in [0, 0.05) is 18.3 Å². The van der Waals surface area contributed by atoms with Crippen LogP contribution in [0.25, 0.3) is 0 Å². The third-order valence-corrected chi connectivity index (χ3v) is 4.10. The van der Waals surface area contributed by atoms with Crippen LogP contribution in [0.1, 0.15) is 35.7 Å². The smallest absolute Gasteiger partial charge is 0.123 e. The number of nitrogen functional groups attached to an aromatic ring is 1. The Morgan fingerprint density at radius 2 is 2.00 bits per heavy atom. The van der Waals surface area contributed by atoms with Crippen molar-refractivity contribution in [3.8, 4) is 0 Å². The van der Waals surface area contributed by atoms with Crippen molar-refractivity contribution in [2.24, 2.45) is 0 Å². The number of benzene rings is 1. The standard InChI is InChI=1S/C17H21N3/c1-13-15(9-10-17(18)19-13)16-8-5-11-20(16)12-14-6-3-2-4-7-14/h2-4,6-7,9-10,16H,5,8,11-12H2,1H3,(H2,18,19). The molecule has 0 amide bonds. The average Bonchev–Trinajstić information content (AvgIpc) is 2.88. The van der Waals surface area contributed by atoms with Crippen molar-refractivity contribution < 1.29 is 0 Å². The van der Waals surface area contributed by atoms with E-state index in [0.717, 1.165) is 18.8 Å². The lowest BCUT2D eigenvalue weighted by Crippen LogP contribution is -2.23. The van der Waals surface area contributed by atoms with E-state index in [1.807, 2.05) is 6.07 Å². The van der Waals surface area contributed by atoms with Gasteiger partial charge in [0.15, 0.2) is 0 Å². The Labute approximate surface area is 120 Å². The molecule has 1 aliphatic rings. The Morgan fingerprint density at radius 3 is 2.75 bits per heavy atom. The number of aryl methyl sites for hydroxylation is 1. The molecular weight excluding hydrogens is 246 g/mol. The third-order valence-electron chi connectivity index (χ3n) is 4.10. The van der Waals surface area contributed by atoms with Crippen LogP contribution in [0.3, 0.4) is 0 Å². The van der Waals surface area contributed by atoms with E-state index in [2.05, 4.69) is 53.2 Å². The number of hydrogen-bond donors (Lipinski definition) is 1. The van der Waals surface area contributed by atoms with E-state index in [4.69, 9.17) is 5.73 Å². The summed E-state index contributed by atoms with van der Waals surface area (Å²) in [5.41, 5.74) is 9.53. The van der Waals surface area contributed by atoms with Crippen molar-refractivity contribution in [1.29, 1.82) is 0 Å². The minimum absolute atomic E-state index is 0.475. The highest BCUT2D eigenvalue weighted by atomic mass is 15.2. The maximum absolute atomic E-state index is 5.76. The summed E-state index contributed by atoms with van der Waals surface area (Å²) in [5.74, 6) is 0.610. The Morgan fingerprint density at radius 1 is 1.20 bits per heavy atom. The van der Waals surface area contributed by atoms with Gasteiger partial charge < -0.3 is 5.73 Å². The number of nitrogens with two attached hydrogens (primary N) is 1. The molecule has 0 bridgehead atoms. The maximum Gasteiger partial charge on any atom is 0.123 e. The topological polar surface area (TPSA) is 42.1 Å². The van der Waals surface area contributed by atoms with Crippen LogP contribution in [0.15, 0.2) is 42.5 Å². The van der Waals surface area contributed by atoms with Gasteiger partial charge in [-0.15, -0.1) is 0 Å². The van der Waals surface area contributed by atoms with Crippen LogP contribution < -0.4 is 5.73 Å². The number of anilines is 1. The lowest BCUT2D eigenvalue weighted by atomic mass is 10.0. The molecule has 1 fully saturated rings. The zero-order valence-electron chi connectivity index (χ0n) is 11.9. The Kier molecular flexibility index (Phi) is 3.70. The molecule has 3 heteroatoms. The monoisotopic (exact) mass is 267 g/mol. The second kappa shape index (κ2) is 5.63. The zero-order valence-corrected chi connectivity index (χ0v) is 11.9. The fourth-order valence-electron chi connectivity index (χ4n) is 3.13. The van der Waals surface area contributed by atoms with Crippen LogP contribution in [0.5, 0.6) is 0 Å². The molecule has 2 aromatic rings. The summed E-state index contributed by atoms with van der Waals surface area (Å²) < 4.78 is 0. The van der Waals surface area contributed by atoms with Gasteiger partial charge in [0.05, 0.1) is 0 Å². The van der Waals surface area contributed by atoms with Gasteiger partial charge >= 0.3 is 0 Å². The second-order valence-electron chi connectivity index (χ2n) is 5.52. The maximum atomic E-state index is 5.76. The third kappa shape index (κ3) is 2.68. The summed E-state index contributed by atoms with van der Waals surface area (Å²) in [6.45, 7) is 4.23. The molecule has 1 atom stereocenters. The van der Waals surface area contributed by atoms with Crippen molar-refractivity contribution in [3.63, 3.8) is 0 Å². The highest BCUT2D eigenvalue weighted by molar-refractivity contribution is 5.35. The molecule has 20 heavy (non-hydrogen) atoms. The highest BCUT2D eigenvalue weighted by Crippen LogP contribution is 2.34. The fraction of sp³-hybridized carbons (Fsp3) is 0.353. The average molecular weight is 267 g/mol. The first-order valence-electron chi connectivity index (χ1n) is 7.25. The molecule has 1 unspecified atom stereocenters. The van der Waals surface area contributed by atoms with Crippen molar-refractivity contribution in [1.82, 2.24) is 9.88 Å². The van der Waals surface area contributed by atoms with Crippen molar-refractivity contribution in [2.75, 3.05) is 12.3 Å². The van der Waals surface area contributed by atoms with Crippen LogP contribution in [0.2, 0.25) is 0 Å². The second-order valence-corrected chi connectivity index (χ2v) is 5.52. The Bertz CT molecular complexity index is 580. The summed E-state index contributed by atoms with van der Waals surface area (Å²) in [6.07, 6.45) is 2.46. The number of rotatable bonds is 3. The molecular formula is C17H21N3. The molecule has 104 valence electrons. The molecule has 0 radical (unpaired) electrons. The highest BCUT2D eigenvalue weighted by Gasteiger charge is 2.27. The quantitative estimate of drug-likeness (QED) is 0.927. The first-order valence-corrected chi connectivity index (χ1v) is 7.25. The minimum atomic E-state index is 0.475. The Balaban J connectivity index is 1.82. The van der Waals surface area contributed by atoms with Crippen molar-refractivity contribution in [3.05, 3.63) is 59.3 Å². The molecule has 2 N–H and O–H groups in total. The van der Waals surface area contributed by atoms with E-state index >= 15 is 0 Å². The van der Waals surface area contributed by atoms with E-state index in [1.165, 1.54) is 24.0 Å². The summed E-state index contributed by atoms with van der Waals surface area (Å²) in [4.78, 5) is 6.96. The number of likely N-dealkylation sites (tertiary alicyclic amines) is 1. The van der Waals surface area contributed by atoms with Crippen LogP contribution >= 0.6 is 0 Å². The molecule has 1 aromatic heterocycles. The largest absolute Gasteiger partial charge is 0.384 e. The van der Waals surface area contributed by atoms with Crippen LogP contribution in [-0.2, 0) is 6.54 Å². The summed E-state index contributed by atoms with van der Waals surface area (Å²) in [6, 6.07) is 15.2. The Hall–Kier alpha value is -1.87. The first kappa shape index (κ1) is 13.1. The predicted molar refractivity (Wildman–Crippen MR) is 82.2 cm³/mol. The minimum Gasteiger partial charge on any atom is -0.384 e. The fourth-order valence-corrected chi connectivity index (χ4v) is 3.13. The van der Waals surface area contributed by atoms with E-state index in [1.54, 1.807) is 0 Å². The molecule has 0 spiro atoms. The van der Waals surface area contributed by atoms with Gasteiger partial charge in [-0.25, -0.2) is 4.98 Å². The molecule has 0 aliphatic carbocycles. The lowest BCUT2D eigenvalue weighted by Gasteiger charge is -2.26. The molecule has 3 nitrogen and oxygen atoms in total. The normalized spacial score (nSPS) is 19.4. The van der Waals surface area contributed by atoms with Crippen molar-refractivity contribution >= 4 is 5.82 Å². The van der Waals surface area contributed by atoms with Gasteiger partial charge in [-0.05, 0) is 43.5 Å². The van der Waals surface area contributed by atoms with Gasteiger partial charge in [-0.1, -0.05) is 36.4 Å². The molecule has 1 aliphatic heterocycles. The first-order chi connectivity index (χ1) is 9.74. The van der Waals surface area contributed by atoms with Gasteiger partial charge in [0.2, 0.25) is 0 Å². The van der Waals surface area contributed by atoms with Crippen LogP contribution in [0.4, 0.5) is 5.82 Å². The number of pyridine rings is 1. The predicted octanol–water partition coefficient (Wildman–Crippen LogP) is 3.31. The van der Waals surface area contributed by atoms with Gasteiger partial charge in [-0.3, -0.25) is 4.90 Å². The van der Waals surface area contributed by atoms with Crippen LogP contribution in [-0.4, -0.2) is 16.4 Å². The SMILES string of the molecule is Cc1nc(N)ccc1C1CCCN1Cc1ccccc1. The summed E-state index contributed by atoms with van der Waals surface area (Å²) in [7, 11) is 0. The summed E-state index contributed by atoms with van der Waals surface area (Å²) >= 11 is 0. The molecule has 3 rings (SSSR count). The molecule has 1 saturated heterocycles. The van der Waals surface area contributed by atoms with E-state index in [-0.39, 0.29) is 0 Å². The molecule has 2 heterocycles. The zero-order chi connectivity index (χ0) is 13.9. The molecule has 0 saturated carbocycles. The van der Waals surface area contributed by atoms with E-state index in [9.17, 15) is 0 Å². The van der Waals surface area contributed by atoms with Gasteiger partial charge in [-0.2, -0.15) is 0 Å².